The van der Waals surface area contributed by atoms with Crippen molar-refractivity contribution in [2.24, 2.45) is 0 Å². The molecule has 0 saturated heterocycles. The molecule has 1 aromatic rings. The molecule has 0 atom stereocenters. The zero-order valence-electron chi connectivity index (χ0n) is 13.5. The smallest absolute Gasteiger partial charge is 0.0303 e. The zero-order chi connectivity index (χ0) is 16.1. The molecule has 0 saturated carbocycles. The summed E-state index contributed by atoms with van der Waals surface area (Å²) in [6.07, 6.45) is 10.8. The van der Waals surface area contributed by atoms with Crippen LogP contribution in [0.15, 0.2) is 71.8 Å². The van der Waals surface area contributed by atoms with Crippen LogP contribution >= 0.6 is 11.6 Å². The van der Waals surface area contributed by atoms with Crippen molar-refractivity contribution in [2.75, 3.05) is 0 Å². The first-order chi connectivity index (χ1) is 10.6. The Bertz CT molecular complexity index is 684. The first-order valence-corrected chi connectivity index (χ1v) is 8.12. The van der Waals surface area contributed by atoms with Crippen LogP contribution in [-0.4, -0.2) is 0 Å². The summed E-state index contributed by atoms with van der Waals surface area (Å²) in [5, 5.41) is 0.851. The molecule has 1 aromatic carbocycles. The predicted octanol–water partition coefficient (Wildman–Crippen LogP) is 6.53. The van der Waals surface area contributed by atoms with Gasteiger partial charge < -0.3 is 0 Å². The van der Waals surface area contributed by atoms with E-state index in [2.05, 4.69) is 51.3 Å². The molecule has 0 N–H and O–H groups in total. The normalized spacial score (nSPS) is 15.4. The number of allylic oxidation sites excluding steroid dienone is 8. The van der Waals surface area contributed by atoms with Crippen LogP contribution < -0.4 is 0 Å². The van der Waals surface area contributed by atoms with Gasteiger partial charge in [0.05, 0.1) is 0 Å². The van der Waals surface area contributed by atoms with E-state index in [4.69, 9.17) is 11.6 Å². The minimum Gasteiger partial charge on any atom is -0.0991 e. The average Bonchev–Trinajstić information content (AvgIpc) is 2.47. The van der Waals surface area contributed by atoms with Gasteiger partial charge in [0, 0.05) is 11.5 Å². The molecule has 1 heteroatoms. The molecule has 0 aromatic heterocycles. The average molecular weight is 311 g/mol. The van der Waals surface area contributed by atoms with Crippen molar-refractivity contribution < 1.29 is 0 Å². The lowest BCUT2D eigenvalue weighted by molar-refractivity contribution is 0.915. The number of rotatable bonds is 5. The van der Waals surface area contributed by atoms with Gasteiger partial charge in [-0.2, -0.15) is 0 Å². The summed E-state index contributed by atoms with van der Waals surface area (Å²) >= 11 is 6.51. The second-order valence-corrected chi connectivity index (χ2v) is 6.15. The number of hydrogen-bond acceptors (Lipinski definition) is 0. The summed E-state index contributed by atoms with van der Waals surface area (Å²) in [4.78, 5) is 0. The van der Waals surface area contributed by atoms with Crippen molar-refractivity contribution in [1.29, 1.82) is 0 Å². The van der Waals surface area contributed by atoms with Gasteiger partial charge in [0.2, 0.25) is 0 Å². The SMILES string of the molecule is C=C/C=C\C1=C(Cl)CC(c2ccc(C)cc2CCC)=CC1=C. The predicted molar refractivity (Wildman–Crippen MR) is 99.1 cm³/mol. The van der Waals surface area contributed by atoms with Crippen LogP contribution in [0.5, 0.6) is 0 Å². The van der Waals surface area contributed by atoms with E-state index >= 15 is 0 Å². The lowest BCUT2D eigenvalue weighted by Crippen LogP contribution is -2.01. The molecule has 0 radical (unpaired) electrons. The highest BCUT2D eigenvalue weighted by Crippen LogP contribution is 2.37. The summed E-state index contributed by atoms with van der Waals surface area (Å²) in [6, 6.07) is 6.67. The molecule has 0 unspecified atom stereocenters. The molecule has 0 spiro atoms. The highest BCUT2D eigenvalue weighted by atomic mass is 35.5. The molecule has 0 nitrogen and oxygen atoms in total. The van der Waals surface area contributed by atoms with Crippen molar-refractivity contribution in [1.82, 2.24) is 0 Å². The second kappa shape index (κ2) is 7.47. The molecule has 114 valence electrons. The third-order valence-corrected chi connectivity index (χ3v) is 4.19. The van der Waals surface area contributed by atoms with Gasteiger partial charge in [0.15, 0.2) is 0 Å². The van der Waals surface area contributed by atoms with E-state index in [1.807, 2.05) is 12.2 Å². The third kappa shape index (κ3) is 3.69. The van der Waals surface area contributed by atoms with Gasteiger partial charge in [0.25, 0.3) is 0 Å². The van der Waals surface area contributed by atoms with Gasteiger partial charge in [0.1, 0.15) is 0 Å². The van der Waals surface area contributed by atoms with Crippen LogP contribution in [0.3, 0.4) is 0 Å². The Hall–Kier alpha value is -1.79. The summed E-state index contributed by atoms with van der Waals surface area (Å²) in [6.45, 7) is 12.2. The Morgan fingerprint density at radius 1 is 1.32 bits per heavy atom. The summed E-state index contributed by atoms with van der Waals surface area (Å²) in [5.74, 6) is 0. The summed E-state index contributed by atoms with van der Waals surface area (Å²) in [5.41, 5.74) is 7.24. The van der Waals surface area contributed by atoms with E-state index in [1.165, 1.54) is 22.3 Å². The number of benzene rings is 1. The van der Waals surface area contributed by atoms with Gasteiger partial charge in [-0.3, -0.25) is 0 Å². The van der Waals surface area contributed by atoms with Crippen LogP contribution in [0, 0.1) is 6.92 Å². The minimum atomic E-state index is 0.761. The first-order valence-electron chi connectivity index (χ1n) is 7.74. The lowest BCUT2D eigenvalue weighted by Gasteiger charge is -2.20. The fourth-order valence-corrected chi connectivity index (χ4v) is 3.15. The molecule has 1 aliphatic rings. The largest absolute Gasteiger partial charge is 0.0991 e. The minimum absolute atomic E-state index is 0.761. The molecule has 2 rings (SSSR count). The number of aryl methyl sites for hydroxylation is 2. The van der Waals surface area contributed by atoms with Crippen LogP contribution in [0.1, 0.15) is 36.5 Å². The summed E-state index contributed by atoms with van der Waals surface area (Å²) < 4.78 is 0. The van der Waals surface area contributed by atoms with Gasteiger partial charge in [-0.15, -0.1) is 0 Å². The van der Waals surface area contributed by atoms with Gasteiger partial charge in [-0.25, -0.2) is 0 Å². The van der Waals surface area contributed by atoms with E-state index in [0.29, 0.717) is 0 Å². The summed E-state index contributed by atoms with van der Waals surface area (Å²) in [7, 11) is 0. The van der Waals surface area contributed by atoms with Crippen LogP contribution in [-0.2, 0) is 6.42 Å². The zero-order valence-corrected chi connectivity index (χ0v) is 14.2. The van der Waals surface area contributed by atoms with Gasteiger partial charge in [-0.05, 0) is 41.2 Å². The molecular weight excluding hydrogens is 288 g/mol. The Labute approximate surface area is 139 Å². The van der Waals surface area contributed by atoms with Crippen LogP contribution in [0.25, 0.3) is 5.57 Å². The molecule has 0 fully saturated rings. The monoisotopic (exact) mass is 310 g/mol. The van der Waals surface area contributed by atoms with Crippen molar-refractivity contribution in [3.05, 3.63) is 88.5 Å². The standard InChI is InChI=1S/C21H23Cl/c1-5-7-9-19-16(4)13-18(14-21(19)22)20-11-10-15(3)12-17(20)8-6-2/h5,7,9-13H,1,4,6,8,14H2,2-3H3/b9-7-. The topological polar surface area (TPSA) is 0 Å². The Kier molecular flexibility index (Phi) is 5.63. The number of hydrogen-bond donors (Lipinski definition) is 0. The highest BCUT2D eigenvalue weighted by molar-refractivity contribution is 6.31. The van der Waals surface area contributed by atoms with E-state index < -0.39 is 0 Å². The van der Waals surface area contributed by atoms with E-state index in [9.17, 15) is 0 Å². The first kappa shape index (κ1) is 16.6. The molecule has 0 amide bonds. The number of halogens is 1. The van der Waals surface area contributed by atoms with Crippen molar-refractivity contribution >= 4 is 17.2 Å². The van der Waals surface area contributed by atoms with E-state index in [0.717, 1.165) is 35.4 Å². The van der Waals surface area contributed by atoms with Crippen LogP contribution in [0.2, 0.25) is 0 Å². The van der Waals surface area contributed by atoms with Gasteiger partial charge >= 0.3 is 0 Å². The van der Waals surface area contributed by atoms with E-state index in [1.54, 1.807) is 6.08 Å². The Balaban J connectivity index is 2.39. The highest BCUT2D eigenvalue weighted by Gasteiger charge is 2.17. The fourth-order valence-electron chi connectivity index (χ4n) is 2.82. The maximum Gasteiger partial charge on any atom is 0.0303 e. The molecule has 0 heterocycles. The molecular formula is C21H23Cl. The molecule has 22 heavy (non-hydrogen) atoms. The van der Waals surface area contributed by atoms with Crippen LogP contribution in [0.4, 0.5) is 0 Å². The molecule has 1 aliphatic carbocycles. The van der Waals surface area contributed by atoms with Crippen molar-refractivity contribution in [3.8, 4) is 0 Å². The van der Waals surface area contributed by atoms with Gasteiger partial charge in [-0.1, -0.05) is 86.2 Å². The quantitative estimate of drug-likeness (QED) is 0.543. The molecule has 0 aliphatic heterocycles. The van der Waals surface area contributed by atoms with E-state index in [-0.39, 0.29) is 0 Å². The fraction of sp³-hybridized carbons (Fsp3) is 0.238. The van der Waals surface area contributed by atoms with Crippen molar-refractivity contribution in [2.45, 2.75) is 33.1 Å². The maximum absolute atomic E-state index is 6.51. The molecule has 0 bridgehead atoms. The Morgan fingerprint density at radius 3 is 2.73 bits per heavy atom. The Morgan fingerprint density at radius 2 is 2.09 bits per heavy atom. The maximum atomic E-state index is 6.51. The van der Waals surface area contributed by atoms with Crippen molar-refractivity contribution in [3.63, 3.8) is 0 Å². The third-order valence-electron chi connectivity index (χ3n) is 3.86. The lowest BCUT2D eigenvalue weighted by atomic mass is 9.87. The second-order valence-electron chi connectivity index (χ2n) is 5.70.